The highest BCUT2D eigenvalue weighted by molar-refractivity contribution is 9.10. The predicted octanol–water partition coefficient (Wildman–Crippen LogP) is 4.43. The summed E-state index contributed by atoms with van der Waals surface area (Å²) in [4.78, 5) is 0. The minimum atomic E-state index is 0.721. The molecule has 1 N–H and O–H groups in total. The monoisotopic (exact) mass is 295 g/mol. The molecule has 2 atom stereocenters. The van der Waals surface area contributed by atoms with Gasteiger partial charge >= 0.3 is 0 Å². The molecule has 1 aliphatic rings. The highest BCUT2D eigenvalue weighted by Gasteiger charge is 2.17. The van der Waals surface area contributed by atoms with E-state index in [9.17, 15) is 0 Å². The normalized spacial score (nSPS) is 24.9. The smallest absolute Gasteiger partial charge is 0.0208 e. The van der Waals surface area contributed by atoms with Gasteiger partial charge in [-0.05, 0) is 42.9 Å². The minimum absolute atomic E-state index is 0.721. The molecule has 0 aliphatic heterocycles. The molecule has 1 saturated carbocycles. The van der Waals surface area contributed by atoms with E-state index in [1.165, 1.54) is 41.3 Å². The summed E-state index contributed by atoms with van der Waals surface area (Å²) in [6, 6.07) is 7.36. The molecular weight excluding hydrogens is 274 g/mol. The van der Waals surface area contributed by atoms with Gasteiger partial charge in [0, 0.05) is 17.1 Å². The number of rotatable bonds is 3. The summed E-state index contributed by atoms with van der Waals surface area (Å²) < 4.78 is 1.22. The van der Waals surface area contributed by atoms with Crippen molar-refractivity contribution in [1.82, 2.24) is 5.32 Å². The molecule has 94 valence electrons. The predicted molar refractivity (Wildman–Crippen MR) is 77.1 cm³/mol. The first-order valence-corrected chi connectivity index (χ1v) is 7.43. The zero-order valence-electron chi connectivity index (χ0n) is 10.8. The highest BCUT2D eigenvalue weighted by Crippen LogP contribution is 2.24. The van der Waals surface area contributed by atoms with Crippen LogP contribution in [0, 0.1) is 12.8 Å². The SMILES string of the molecule is Cc1ccc(CNC2CCCC(C)C2)cc1Br. The lowest BCUT2D eigenvalue weighted by Gasteiger charge is -2.27. The summed E-state index contributed by atoms with van der Waals surface area (Å²) >= 11 is 3.59. The molecule has 1 aliphatic carbocycles. The third-order valence-electron chi connectivity index (χ3n) is 3.77. The second-order valence-electron chi connectivity index (χ2n) is 5.43. The maximum absolute atomic E-state index is 3.69. The Morgan fingerprint density at radius 3 is 2.88 bits per heavy atom. The van der Waals surface area contributed by atoms with Gasteiger partial charge in [0.25, 0.3) is 0 Å². The fraction of sp³-hybridized carbons (Fsp3) is 0.600. The second-order valence-corrected chi connectivity index (χ2v) is 6.29. The maximum atomic E-state index is 3.69. The summed E-state index contributed by atoms with van der Waals surface area (Å²) in [5.41, 5.74) is 2.68. The van der Waals surface area contributed by atoms with Gasteiger partial charge in [0.1, 0.15) is 0 Å². The zero-order chi connectivity index (χ0) is 12.3. The van der Waals surface area contributed by atoms with Gasteiger partial charge in [-0.3, -0.25) is 0 Å². The minimum Gasteiger partial charge on any atom is -0.310 e. The van der Waals surface area contributed by atoms with Crippen molar-refractivity contribution >= 4 is 15.9 Å². The summed E-state index contributed by atoms with van der Waals surface area (Å²) in [5, 5.41) is 3.69. The van der Waals surface area contributed by atoms with Crippen molar-refractivity contribution in [3.63, 3.8) is 0 Å². The van der Waals surface area contributed by atoms with Crippen LogP contribution in [0.15, 0.2) is 22.7 Å². The first kappa shape index (κ1) is 13.1. The molecule has 0 radical (unpaired) electrons. The zero-order valence-corrected chi connectivity index (χ0v) is 12.4. The fourth-order valence-corrected chi connectivity index (χ4v) is 3.05. The molecule has 0 aromatic heterocycles. The molecule has 2 heteroatoms. The number of nitrogens with one attached hydrogen (secondary N) is 1. The van der Waals surface area contributed by atoms with Crippen molar-refractivity contribution in [3.05, 3.63) is 33.8 Å². The average Bonchev–Trinajstić information content (AvgIpc) is 2.31. The molecule has 0 amide bonds. The van der Waals surface area contributed by atoms with Crippen LogP contribution < -0.4 is 5.32 Å². The number of aryl methyl sites for hydroxylation is 1. The topological polar surface area (TPSA) is 12.0 Å². The molecular formula is C15H22BrN. The van der Waals surface area contributed by atoms with E-state index in [1.54, 1.807) is 0 Å². The number of hydrogen-bond donors (Lipinski definition) is 1. The molecule has 0 bridgehead atoms. The van der Waals surface area contributed by atoms with Crippen molar-refractivity contribution in [2.24, 2.45) is 5.92 Å². The van der Waals surface area contributed by atoms with E-state index in [4.69, 9.17) is 0 Å². The van der Waals surface area contributed by atoms with Crippen LogP contribution in [0.3, 0.4) is 0 Å². The molecule has 1 fully saturated rings. The number of benzene rings is 1. The van der Waals surface area contributed by atoms with Crippen LogP contribution in [0.4, 0.5) is 0 Å². The third kappa shape index (κ3) is 3.82. The molecule has 2 rings (SSSR count). The highest BCUT2D eigenvalue weighted by atomic mass is 79.9. The number of halogens is 1. The lowest BCUT2D eigenvalue weighted by Crippen LogP contribution is -2.33. The third-order valence-corrected chi connectivity index (χ3v) is 4.62. The van der Waals surface area contributed by atoms with E-state index in [1.807, 2.05) is 0 Å². The van der Waals surface area contributed by atoms with E-state index >= 15 is 0 Å². The molecule has 0 heterocycles. The van der Waals surface area contributed by atoms with Crippen molar-refractivity contribution in [2.45, 2.75) is 52.1 Å². The van der Waals surface area contributed by atoms with E-state index in [0.29, 0.717) is 0 Å². The maximum Gasteiger partial charge on any atom is 0.0208 e. The van der Waals surface area contributed by atoms with Crippen LogP contribution in [0.1, 0.15) is 43.7 Å². The molecule has 1 aromatic carbocycles. The fourth-order valence-electron chi connectivity index (χ4n) is 2.63. The van der Waals surface area contributed by atoms with E-state index in [-0.39, 0.29) is 0 Å². The standard InChI is InChI=1S/C15H22BrN/c1-11-4-3-5-14(8-11)17-10-13-7-6-12(2)15(16)9-13/h6-7,9,11,14,17H,3-5,8,10H2,1-2H3. The Kier molecular flexibility index (Phi) is 4.63. The van der Waals surface area contributed by atoms with E-state index in [0.717, 1.165) is 18.5 Å². The van der Waals surface area contributed by atoms with Gasteiger partial charge in [-0.1, -0.05) is 47.8 Å². The van der Waals surface area contributed by atoms with Crippen molar-refractivity contribution in [1.29, 1.82) is 0 Å². The Labute approximate surface area is 113 Å². The van der Waals surface area contributed by atoms with Gasteiger partial charge < -0.3 is 5.32 Å². The molecule has 1 aromatic rings. The summed E-state index contributed by atoms with van der Waals surface area (Å²) in [6.45, 7) is 5.50. The van der Waals surface area contributed by atoms with Crippen molar-refractivity contribution in [3.8, 4) is 0 Å². The second kappa shape index (κ2) is 6.01. The van der Waals surface area contributed by atoms with Crippen LogP contribution in [0.2, 0.25) is 0 Å². The molecule has 0 spiro atoms. The Hall–Kier alpha value is -0.340. The van der Waals surface area contributed by atoms with Crippen LogP contribution in [0.25, 0.3) is 0 Å². The summed E-state index contributed by atoms with van der Waals surface area (Å²) in [7, 11) is 0. The van der Waals surface area contributed by atoms with Crippen molar-refractivity contribution in [2.75, 3.05) is 0 Å². The van der Waals surface area contributed by atoms with Gasteiger partial charge in [-0.15, -0.1) is 0 Å². The van der Waals surface area contributed by atoms with Gasteiger partial charge in [-0.25, -0.2) is 0 Å². The van der Waals surface area contributed by atoms with Crippen LogP contribution in [-0.2, 0) is 6.54 Å². The van der Waals surface area contributed by atoms with Crippen molar-refractivity contribution < 1.29 is 0 Å². The molecule has 0 saturated heterocycles. The largest absolute Gasteiger partial charge is 0.310 e. The lowest BCUT2D eigenvalue weighted by atomic mass is 9.87. The molecule has 2 unspecified atom stereocenters. The summed E-state index contributed by atoms with van der Waals surface area (Å²) in [6.07, 6.45) is 5.48. The average molecular weight is 296 g/mol. The molecule has 1 nitrogen and oxygen atoms in total. The van der Waals surface area contributed by atoms with Crippen LogP contribution >= 0.6 is 15.9 Å². The first-order chi connectivity index (χ1) is 8.15. The van der Waals surface area contributed by atoms with E-state index < -0.39 is 0 Å². The lowest BCUT2D eigenvalue weighted by molar-refractivity contribution is 0.300. The Morgan fingerprint density at radius 1 is 1.35 bits per heavy atom. The van der Waals surface area contributed by atoms with Crippen LogP contribution in [-0.4, -0.2) is 6.04 Å². The van der Waals surface area contributed by atoms with Gasteiger partial charge in [0.05, 0.1) is 0 Å². The van der Waals surface area contributed by atoms with Gasteiger partial charge in [-0.2, -0.15) is 0 Å². The van der Waals surface area contributed by atoms with Gasteiger partial charge in [0.15, 0.2) is 0 Å². The summed E-state index contributed by atoms with van der Waals surface area (Å²) in [5.74, 6) is 0.894. The Balaban J connectivity index is 1.86. The number of hydrogen-bond acceptors (Lipinski definition) is 1. The van der Waals surface area contributed by atoms with Gasteiger partial charge in [0.2, 0.25) is 0 Å². The van der Waals surface area contributed by atoms with Crippen LogP contribution in [0.5, 0.6) is 0 Å². The Morgan fingerprint density at radius 2 is 2.18 bits per heavy atom. The quantitative estimate of drug-likeness (QED) is 0.870. The van der Waals surface area contributed by atoms with E-state index in [2.05, 4.69) is 53.3 Å². The first-order valence-electron chi connectivity index (χ1n) is 6.63. The Bertz CT molecular complexity index is 375. The molecule has 17 heavy (non-hydrogen) atoms.